The van der Waals surface area contributed by atoms with E-state index in [0.29, 0.717) is 16.3 Å². The number of hydrogen-bond acceptors (Lipinski definition) is 2. The summed E-state index contributed by atoms with van der Waals surface area (Å²) in [5.41, 5.74) is 0.517. The first-order valence-corrected chi connectivity index (χ1v) is 7.03. The normalized spacial score (nSPS) is 12.3. The molecule has 1 N–H and O–H groups in total. The third-order valence-corrected chi connectivity index (χ3v) is 3.33. The second-order valence-corrected chi connectivity index (χ2v) is 5.19. The zero-order valence-electron chi connectivity index (χ0n) is 9.39. The summed E-state index contributed by atoms with van der Waals surface area (Å²) in [7, 11) is 0. The van der Waals surface area contributed by atoms with Crippen molar-refractivity contribution in [2.45, 2.75) is 13.0 Å². The topological polar surface area (TPSA) is 29.1 Å². The maximum atomic E-state index is 13.3. The lowest BCUT2D eigenvalue weighted by atomic mass is 10.1. The van der Waals surface area contributed by atoms with Crippen molar-refractivity contribution in [3.8, 4) is 0 Å². The van der Waals surface area contributed by atoms with Crippen LogP contribution in [0.1, 0.15) is 18.5 Å². The molecule has 0 heterocycles. The van der Waals surface area contributed by atoms with E-state index in [4.69, 9.17) is 23.2 Å². The number of benzene rings is 1. The maximum Gasteiger partial charge on any atom is 0.230 e. The first-order valence-electron chi connectivity index (χ1n) is 4.88. The third kappa shape index (κ3) is 4.05. The number of rotatable bonds is 4. The molecule has 0 radical (unpaired) electrons. The third-order valence-electron chi connectivity index (χ3n) is 2.16. The average Bonchev–Trinajstić information content (AvgIpc) is 2.23. The Morgan fingerprint density at radius 3 is 2.71 bits per heavy atom. The van der Waals surface area contributed by atoms with Gasteiger partial charge in [0.15, 0.2) is 0 Å². The molecular formula is C11H12Cl2FNOS. The molecule has 1 rings (SSSR count). The van der Waals surface area contributed by atoms with Crippen molar-refractivity contribution in [1.82, 2.24) is 5.32 Å². The zero-order valence-corrected chi connectivity index (χ0v) is 11.7. The quantitative estimate of drug-likeness (QED) is 0.859. The van der Waals surface area contributed by atoms with Crippen LogP contribution in [0.3, 0.4) is 0 Å². The number of carbonyl (C=O) groups is 1. The van der Waals surface area contributed by atoms with Gasteiger partial charge in [-0.25, -0.2) is 4.39 Å². The Morgan fingerprint density at radius 1 is 1.47 bits per heavy atom. The van der Waals surface area contributed by atoms with Gasteiger partial charge in [-0.3, -0.25) is 4.79 Å². The molecule has 1 unspecified atom stereocenters. The van der Waals surface area contributed by atoms with Crippen LogP contribution in [0.25, 0.3) is 0 Å². The highest BCUT2D eigenvalue weighted by molar-refractivity contribution is 7.99. The second-order valence-electron chi connectivity index (χ2n) is 3.51. The van der Waals surface area contributed by atoms with E-state index >= 15 is 0 Å². The van der Waals surface area contributed by atoms with Crippen molar-refractivity contribution >= 4 is 40.9 Å². The molecule has 0 spiro atoms. The van der Waals surface area contributed by atoms with E-state index in [1.54, 1.807) is 6.92 Å². The van der Waals surface area contributed by atoms with Crippen LogP contribution in [-0.2, 0) is 4.79 Å². The summed E-state index contributed by atoms with van der Waals surface area (Å²) < 4.78 is 13.3. The lowest BCUT2D eigenvalue weighted by Gasteiger charge is -2.16. The summed E-state index contributed by atoms with van der Waals surface area (Å²) in [4.78, 5) is 11.4. The fraction of sp³-hybridized carbons (Fsp3) is 0.364. The number of carbonyl (C=O) groups excluding carboxylic acids is 1. The van der Waals surface area contributed by atoms with Gasteiger partial charge in [0.05, 0.1) is 16.8 Å². The van der Waals surface area contributed by atoms with Crippen LogP contribution in [0, 0.1) is 5.82 Å². The minimum Gasteiger partial charge on any atom is -0.349 e. The van der Waals surface area contributed by atoms with Gasteiger partial charge in [-0.05, 0) is 30.9 Å². The number of nitrogens with one attached hydrogen (secondary N) is 1. The van der Waals surface area contributed by atoms with Crippen LogP contribution < -0.4 is 5.32 Å². The number of halogens is 3. The van der Waals surface area contributed by atoms with Gasteiger partial charge >= 0.3 is 0 Å². The highest BCUT2D eigenvalue weighted by Gasteiger charge is 2.15. The Bertz CT molecular complexity index is 428. The van der Waals surface area contributed by atoms with Crippen LogP contribution in [0.5, 0.6) is 0 Å². The van der Waals surface area contributed by atoms with E-state index < -0.39 is 5.82 Å². The molecule has 0 aliphatic heterocycles. The zero-order chi connectivity index (χ0) is 13.0. The monoisotopic (exact) mass is 295 g/mol. The second kappa shape index (κ2) is 6.47. The van der Waals surface area contributed by atoms with E-state index in [2.05, 4.69) is 5.32 Å². The fourth-order valence-electron chi connectivity index (χ4n) is 1.36. The van der Waals surface area contributed by atoms with Crippen LogP contribution in [0.15, 0.2) is 12.1 Å². The summed E-state index contributed by atoms with van der Waals surface area (Å²) in [5, 5.41) is 3.05. The molecule has 1 aromatic rings. The molecule has 0 saturated heterocycles. The maximum absolute atomic E-state index is 13.3. The molecule has 0 saturated carbocycles. The molecule has 0 aliphatic rings. The van der Waals surface area contributed by atoms with Crippen LogP contribution in [0.4, 0.5) is 4.39 Å². The fourth-order valence-corrected chi connectivity index (χ4v) is 2.25. The van der Waals surface area contributed by atoms with Crippen molar-refractivity contribution in [3.05, 3.63) is 33.6 Å². The van der Waals surface area contributed by atoms with E-state index in [1.807, 2.05) is 6.26 Å². The molecular weight excluding hydrogens is 284 g/mol. The summed E-state index contributed by atoms with van der Waals surface area (Å²) in [5.74, 6) is -0.300. The Kier molecular flexibility index (Phi) is 5.56. The summed E-state index contributed by atoms with van der Waals surface area (Å²) >= 11 is 13.0. The van der Waals surface area contributed by atoms with Crippen molar-refractivity contribution in [2.24, 2.45) is 0 Å². The molecule has 17 heavy (non-hydrogen) atoms. The molecule has 1 aromatic carbocycles. The minimum atomic E-state index is -0.544. The van der Waals surface area contributed by atoms with Crippen molar-refractivity contribution < 1.29 is 9.18 Å². The molecule has 94 valence electrons. The summed E-state index contributed by atoms with van der Waals surface area (Å²) in [6, 6.07) is 2.23. The van der Waals surface area contributed by atoms with Crippen molar-refractivity contribution in [1.29, 1.82) is 0 Å². The van der Waals surface area contributed by atoms with Gasteiger partial charge < -0.3 is 5.32 Å². The van der Waals surface area contributed by atoms with Crippen LogP contribution >= 0.6 is 35.0 Å². The highest BCUT2D eigenvalue weighted by atomic mass is 35.5. The van der Waals surface area contributed by atoms with Crippen molar-refractivity contribution in [2.75, 3.05) is 12.0 Å². The number of thioether (sulfide) groups is 1. The smallest absolute Gasteiger partial charge is 0.230 e. The Balaban J connectivity index is 2.85. The first-order chi connectivity index (χ1) is 7.95. The van der Waals surface area contributed by atoms with Gasteiger partial charge in [0.2, 0.25) is 5.91 Å². The van der Waals surface area contributed by atoms with Gasteiger partial charge in [-0.1, -0.05) is 23.2 Å². The first kappa shape index (κ1) is 14.6. The van der Waals surface area contributed by atoms with Gasteiger partial charge in [0, 0.05) is 5.02 Å². The SMILES string of the molecule is CSCC(=O)NC(C)c1cc(F)c(Cl)cc1Cl. The molecule has 0 aliphatic carbocycles. The van der Waals surface area contributed by atoms with Gasteiger partial charge in [0.1, 0.15) is 5.82 Å². The predicted molar refractivity (Wildman–Crippen MR) is 71.4 cm³/mol. The molecule has 6 heteroatoms. The van der Waals surface area contributed by atoms with Gasteiger partial charge in [-0.15, -0.1) is 0 Å². The van der Waals surface area contributed by atoms with E-state index in [1.165, 1.54) is 23.9 Å². The number of amides is 1. The molecule has 0 bridgehead atoms. The molecule has 1 amide bonds. The van der Waals surface area contributed by atoms with Gasteiger partial charge in [0.25, 0.3) is 0 Å². The lowest BCUT2D eigenvalue weighted by Crippen LogP contribution is -2.28. The van der Waals surface area contributed by atoms with E-state index in [9.17, 15) is 9.18 Å². The minimum absolute atomic E-state index is 0.0265. The Morgan fingerprint density at radius 2 is 2.12 bits per heavy atom. The van der Waals surface area contributed by atoms with Crippen LogP contribution in [-0.4, -0.2) is 17.9 Å². The molecule has 1 atom stereocenters. The standard InChI is InChI=1S/C11H12Cl2FNOS/c1-6(15-11(16)5-17-2)7-3-10(14)9(13)4-8(7)12/h3-4,6H,5H2,1-2H3,(H,15,16). The van der Waals surface area contributed by atoms with E-state index in [0.717, 1.165) is 0 Å². The largest absolute Gasteiger partial charge is 0.349 e. The molecule has 0 fully saturated rings. The lowest BCUT2D eigenvalue weighted by molar-refractivity contribution is -0.119. The van der Waals surface area contributed by atoms with E-state index in [-0.39, 0.29) is 17.0 Å². The molecule has 0 aromatic heterocycles. The van der Waals surface area contributed by atoms with Gasteiger partial charge in [-0.2, -0.15) is 11.8 Å². The summed E-state index contributed by atoms with van der Waals surface area (Å²) in [6.45, 7) is 1.74. The summed E-state index contributed by atoms with van der Waals surface area (Å²) in [6.07, 6.45) is 1.83. The highest BCUT2D eigenvalue weighted by Crippen LogP contribution is 2.28. The van der Waals surface area contributed by atoms with Crippen LogP contribution in [0.2, 0.25) is 10.0 Å². The van der Waals surface area contributed by atoms with Crippen molar-refractivity contribution in [3.63, 3.8) is 0 Å². The average molecular weight is 296 g/mol. The molecule has 2 nitrogen and oxygen atoms in total. The number of hydrogen-bond donors (Lipinski definition) is 1. The Hall–Kier alpha value is -0.450. The Labute approximate surface area is 114 Å². The predicted octanol–water partition coefficient (Wildman–Crippen LogP) is 3.67.